The van der Waals surface area contributed by atoms with Gasteiger partial charge >= 0.3 is 0 Å². The summed E-state index contributed by atoms with van der Waals surface area (Å²) >= 11 is 6.45. The first-order chi connectivity index (χ1) is 20.9. The van der Waals surface area contributed by atoms with Crippen LogP contribution in [-0.4, -0.2) is 48.0 Å². The van der Waals surface area contributed by atoms with Gasteiger partial charge in [-0.25, -0.2) is 0 Å². The SMILES string of the molecule is C=CC.CCOc1cc2ncc(C#N)c(Nc3ccc(OCc4ccccn4)c(Cl)c3)c2cc1NC=O.CN1CCCC1. The van der Waals surface area contributed by atoms with Gasteiger partial charge in [0.25, 0.3) is 0 Å². The lowest BCUT2D eigenvalue weighted by Gasteiger charge is -2.16. The summed E-state index contributed by atoms with van der Waals surface area (Å²) in [7, 11) is 2.17. The molecular formula is C33H37ClN6O3. The Morgan fingerprint density at radius 2 is 1.88 bits per heavy atom. The molecule has 1 saturated heterocycles. The van der Waals surface area contributed by atoms with Crippen LogP contribution in [0.1, 0.15) is 37.9 Å². The van der Waals surface area contributed by atoms with Crippen LogP contribution in [0.3, 0.4) is 0 Å². The standard InChI is InChI=1S/C25H20ClN5O3.C5H11N.C3H6/c1-2-33-24-11-21-19(10-22(24)30-15-32)25(16(12-27)13-29-21)31-17-6-7-23(20(26)9-17)34-14-18-5-3-4-8-28-18;1-6-4-2-3-5-6;1-3-2/h3-11,13,15H,2,14H2,1H3,(H,29,31)(H,30,32);2-5H2,1H3;3H,1H2,2H3. The lowest BCUT2D eigenvalue weighted by atomic mass is 10.1. The topological polar surface area (TPSA) is 112 Å². The number of carbonyl (C=O) groups is 1. The summed E-state index contributed by atoms with van der Waals surface area (Å²) in [5.74, 6) is 1.000. The molecule has 0 spiro atoms. The number of hydrogen-bond donors (Lipinski definition) is 2. The third-order valence-corrected chi connectivity index (χ3v) is 6.53. The average molecular weight is 601 g/mol. The highest BCUT2D eigenvalue weighted by Gasteiger charge is 2.15. The number of amides is 1. The molecule has 9 nitrogen and oxygen atoms in total. The molecule has 1 amide bonds. The van der Waals surface area contributed by atoms with Crippen LogP contribution in [0.15, 0.2) is 73.6 Å². The van der Waals surface area contributed by atoms with Crippen molar-refractivity contribution >= 4 is 46.0 Å². The predicted molar refractivity (Wildman–Crippen MR) is 173 cm³/mol. The fourth-order valence-corrected chi connectivity index (χ4v) is 4.48. The van der Waals surface area contributed by atoms with Gasteiger partial charge in [0.05, 0.1) is 39.8 Å². The minimum absolute atomic E-state index is 0.287. The highest BCUT2D eigenvalue weighted by atomic mass is 35.5. The fraction of sp³-hybridized carbons (Fsp3) is 0.273. The van der Waals surface area contributed by atoms with E-state index in [4.69, 9.17) is 21.1 Å². The molecule has 4 aromatic rings. The van der Waals surface area contributed by atoms with Crippen LogP contribution in [0.2, 0.25) is 5.02 Å². The third kappa shape index (κ3) is 9.70. The van der Waals surface area contributed by atoms with Crippen molar-refractivity contribution in [2.24, 2.45) is 0 Å². The lowest BCUT2D eigenvalue weighted by Crippen LogP contribution is -2.10. The number of hydrogen-bond acceptors (Lipinski definition) is 8. The summed E-state index contributed by atoms with van der Waals surface area (Å²) in [5, 5.41) is 16.6. The Morgan fingerprint density at radius 3 is 2.47 bits per heavy atom. The fourth-order valence-electron chi connectivity index (χ4n) is 4.24. The molecule has 0 aliphatic carbocycles. The number of aromatic nitrogens is 2. The number of likely N-dealkylation sites (tertiary alicyclic amines) is 1. The normalized spacial score (nSPS) is 12.1. The van der Waals surface area contributed by atoms with E-state index in [2.05, 4.69) is 45.2 Å². The van der Waals surface area contributed by atoms with E-state index in [0.717, 1.165) is 5.69 Å². The van der Waals surface area contributed by atoms with Crippen LogP contribution in [0.25, 0.3) is 10.9 Å². The van der Waals surface area contributed by atoms with Crippen molar-refractivity contribution < 1.29 is 14.3 Å². The smallest absolute Gasteiger partial charge is 0.211 e. The maximum absolute atomic E-state index is 11.1. The number of nitrogens with zero attached hydrogens (tertiary/aromatic N) is 4. The monoisotopic (exact) mass is 600 g/mol. The number of fused-ring (bicyclic) bond motifs is 1. The van der Waals surface area contributed by atoms with Crippen molar-refractivity contribution in [3.05, 3.63) is 89.9 Å². The second kappa shape index (κ2) is 17.3. The zero-order chi connectivity index (χ0) is 31.0. The van der Waals surface area contributed by atoms with Gasteiger partial charge in [0.15, 0.2) is 0 Å². The van der Waals surface area contributed by atoms with Gasteiger partial charge < -0.3 is 25.0 Å². The Bertz CT molecular complexity index is 1540. The second-order valence-corrected chi connectivity index (χ2v) is 9.93. The summed E-state index contributed by atoms with van der Waals surface area (Å²) in [6.07, 6.45) is 8.33. The molecule has 0 radical (unpaired) electrons. The molecule has 2 aromatic carbocycles. The van der Waals surface area contributed by atoms with Crippen LogP contribution >= 0.6 is 11.6 Å². The van der Waals surface area contributed by atoms with E-state index in [9.17, 15) is 10.1 Å². The van der Waals surface area contributed by atoms with E-state index in [-0.39, 0.29) is 6.61 Å². The summed E-state index contributed by atoms with van der Waals surface area (Å²) in [6, 6.07) is 16.4. The summed E-state index contributed by atoms with van der Waals surface area (Å²) < 4.78 is 11.4. The van der Waals surface area contributed by atoms with Gasteiger partial charge in [-0.15, -0.1) is 6.58 Å². The van der Waals surface area contributed by atoms with E-state index >= 15 is 0 Å². The maximum Gasteiger partial charge on any atom is 0.211 e. The van der Waals surface area contributed by atoms with Gasteiger partial charge in [-0.05, 0) is 83.2 Å². The molecular weight excluding hydrogens is 564 g/mol. The number of carbonyl (C=O) groups excluding carboxylic acids is 1. The number of allylic oxidation sites excluding steroid dienone is 1. The Morgan fingerprint density at radius 1 is 1.12 bits per heavy atom. The number of anilines is 3. The average Bonchev–Trinajstić information content (AvgIpc) is 3.50. The first-order valence-corrected chi connectivity index (χ1v) is 14.4. The molecule has 0 saturated carbocycles. The summed E-state index contributed by atoms with van der Waals surface area (Å²) in [4.78, 5) is 22.1. The molecule has 0 atom stereocenters. The van der Waals surface area contributed by atoms with Gasteiger partial charge in [-0.1, -0.05) is 23.7 Å². The molecule has 1 fully saturated rings. The predicted octanol–water partition coefficient (Wildman–Crippen LogP) is 7.35. The Kier molecular flexibility index (Phi) is 13.3. The zero-order valence-electron chi connectivity index (χ0n) is 24.8. The van der Waals surface area contributed by atoms with Crippen LogP contribution in [0.5, 0.6) is 11.5 Å². The van der Waals surface area contributed by atoms with E-state index in [0.29, 0.717) is 63.1 Å². The molecule has 0 unspecified atom stereocenters. The number of benzene rings is 2. The molecule has 2 aromatic heterocycles. The molecule has 1 aliphatic rings. The molecule has 3 heterocycles. The van der Waals surface area contributed by atoms with Crippen molar-refractivity contribution in [2.75, 3.05) is 37.4 Å². The summed E-state index contributed by atoms with van der Waals surface area (Å²) in [6.45, 7) is 10.4. The highest BCUT2D eigenvalue weighted by molar-refractivity contribution is 6.32. The zero-order valence-corrected chi connectivity index (χ0v) is 25.5. The molecule has 224 valence electrons. The minimum Gasteiger partial charge on any atom is -0.492 e. The number of nitriles is 1. The maximum atomic E-state index is 11.1. The van der Waals surface area contributed by atoms with Gasteiger partial charge in [-0.3, -0.25) is 14.8 Å². The van der Waals surface area contributed by atoms with Gasteiger partial charge in [0, 0.05) is 29.5 Å². The van der Waals surface area contributed by atoms with E-state index < -0.39 is 0 Å². The Hall–Kier alpha value is -4.65. The van der Waals surface area contributed by atoms with Gasteiger partial charge in [0.2, 0.25) is 6.41 Å². The number of ether oxygens (including phenoxy) is 2. The first kappa shape index (κ1) is 32.9. The van der Waals surface area contributed by atoms with Crippen LogP contribution < -0.4 is 20.1 Å². The highest BCUT2D eigenvalue weighted by Crippen LogP contribution is 2.37. The van der Waals surface area contributed by atoms with Crippen LogP contribution in [-0.2, 0) is 11.4 Å². The Balaban J connectivity index is 0.000000486. The molecule has 10 heteroatoms. The number of pyridine rings is 2. The van der Waals surface area contributed by atoms with E-state index in [1.165, 1.54) is 32.1 Å². The van der Waals surface area contributed by atoms with Crippen LogP contribution in [0, 0.1) is 11.3 Å². The molecule has 0 bridgehead atoms. The second-order valence-electron chi connectivity index (χ2n) is 9.52. The van der Waals surface area contributed by atoms with Crippen molar-refractivity contribution in [1.29, 1.82) is 5.26 Å². The first-order valence-electron chi connectivity index (χ1n) is 14.0. The van der Waals surface area contributed by atoms with E-state index in [1.54, 1.807) is 42.6 Å². The van der Waals surface area contributed by atoms with Crippen molar-refractivity contribution in [1.82, 2.24) is 14.9 Å². The third-order valence-electron chi connectivity index (χ3n) is 6.24. The van der Waals surface area contributed by atoms with Crippen LogP contribution in [0.4, 0.5) is 17.1 Å². The largest absolute Gasteiger partial charge is 0.492 e. The number of halogens is 1. The molecule has 1 aliphatic heterocycles. The van der Waals surface area contributed by atoms with Gasteiger partial charge in [-0.2, -0.15) is 5.26 Å². The Labute approximate surface area is 258 Å². The van der Waals surface area contributed by atoms with Crippen molar-refractivity contribution in [3.63, 3.8) is 0 Å². The quantitative estimate of drug-likeness (QED) is 0.151. The molecule has 43 heavy (non-hydrogen) atoms. The van der Waals surface area contributed by atoms with Crippen molar-refractivity contribution in [3.8, 4) is 17.6 Å². The summed E-state index contributed by atoms with van der Waals surface area (Å²) in [5.41, 5.74) is 3.37. The minimum atomic E-state index is 0.287. The lowest BCUT2D eigenvalue weighted by molar-refractivity contribution is -0.105. The molecule has 2 N–H and O–H groups in total. The molecule has 5 rings (SSSR count). The van der Waals surface area contributed by atoms with Gasteiger partial charge in [0.1, 0.15) is 24.2 Å². The number of rotatable bonds is 9. The number of nitrogens with one attached hydrogen (secondary N) is 2. The van der Waals surface area contributed by atoms with Crippen molar-refractivity contribution in [2.45, 2.75) is 33.3 Å². The van der Waals surface area contributed by atoms with E-state index in [1.807, 2.05) is 32.0 Å².